The number of allylic oxidation sites excluding steroid dienone is 1. The second-order valence-corrected chi connectivity index (χ2v) is 8.43. The number of hydrogen-bond donors (Lipinski definition) is 3. The Bertz CT molecular complexity index is 1460. The molecule has 0 radical (unpaired) electrons. The second-order valence-electron chi connectivity index (χ2n) is 8.43. The number of aliphatic imine (C=N–C) groups is 1. The molecule has 0 bridgehead atoms. The molecular weight excluding hydrogens is 518 g/mol. The highest BCUT2D eigenvalue weighted by Crippen LogP contribution is 2.36. The first-order valence-electron chi connectivity index (χ1n) is 11.6. The molecule has 1 aromatic heterocycles. The highest BCUT2D eigenvalue weighted by atomic mass is 19.4. The van der Waals surface area contributed by atoms with Gasteiger partial charge in [-0.25, -0.2) is 19.2 Å². The summed E-state index contributed by atoms with van der Waals surface area (Å²) in [5.74, 6) is -2.13. The van der Waals surface area contributed by atoms with Gasteiger partial charge in [-0.05, 0) is 18.2 Å². The summed E-state index contributed by atoms with van der Waals surface area (Å²) in [6.07, 6.45) is -1.34. The number of alkyl halides is 3. The molecular formula is C26H23F4N7O2. The van der Waals surface area contributed by atoms with Crippen molar-refractivity contribution in [2.75, 3.05) is 25.5 Å². The van der Waals surface area contributed by atoms with E-state index in [-0.39, 0.29) is 35.7 Å². The summed E-state index contributed by atoms with van der Waals surface area (Å²) in [4.78, 5) is 39.0. The molecule has 9 nitrogen and oxygen atoms in total. The van der Waals surface area contributed by atoms with E-state index in [1.54, 1.807) is 30.3 Å². The van der Waals surface area contributed by atoms with Crippen LogP contribution in [0, 0.1) is 5.82 Å². The molecule has 0 aliphatic carbocycles. The summed E-state index contributed by atoms with van der Waals surface area (Å²) >= 11 is 0. The zero-order valence-corrected chi connectivity index (χ0v) is 20.6. The first-order valence-corrected chi connectivity index (χ1v) is 11.6. The summed E-state index contributed by atoms with van der Waals surface area (Å²) in [7, 11) is 1.40. The Morgan fingerprint density at radius 2 is 1.97 bits per heavy atom. The molecule has 1 saturated heterocycles. The first-order chi connectivity index (χ1) is 18.6. The number of urea groups is 1. The van der Waals surface area contributed by atoms with Crippen molar-refractivity contribution >= 4 is 29.5 Å². The Hall–Kier alpha value is -4.81. The quantitative estimate of drug-likeness (QED) is 0.307. The lowest BCUT2D eigenvalue weighted by Crippen LogP contribution is -2.28. The molecule has 39 heavy (non-hydrogen) atoms. The maximum Gasteiger partial charge on any atom is 0.417 e. The number of nitrogens with one attached hydrogen (secondary N) is 2. The lowest BCUT2D eigenvalue weighted by atomic mass is 9.99. The fraction of sp³-hybridized carbons (Fsp3) is 0.192. The number of aromatic nitrogens is 2. The highest BCUT2D eigenvalue weighted by molar-refractivity contribution is 6.06. The van der Waals surface area contributed by atoms with Crippen molar-refractivity contribution in [3.8, 4) is 11.3 Å². The maximum atomic E-state index is 14.9. The number of nitrogens with zero attached hydrogens (tertiary/aromatic N) is 4. The molecule has 0 atom stereocenters. The van der Waals surface area contributed by atoms with Crippen molar-refractivity contribution in [3.05, 3.63) is 83.1 Å². The zero-order valence-electron chi connectivity index (χ0n) is 20.6. The van der Waals surface area contributed by atoms with Gasteiger partial charge in [-0.2, -0.15) is 13.2 Å². The van der Waals surface area contributed by atoms with Gasteiger partial charge >= 0.3 is 12.2 Å². The number of anilines is 1. The van der Waals surface area contributed by atoms with Crippen molar-refractivity contribution in [2.24, 2.45) is 10.7 Å². The molecule has 13 heteroatoms. The van der Waals surface area contributed by atoms with Crippen LogP contribution in [-0.4, -0.2) is 53.2 Å². The van der Waals surface area contributed by atoms with Crippen LogP contribution in [0.5, 0.6) is 0 Å². The molecule has 2 aromatic carbocycles. The van der Waals surface area contributed by atoms with E-state index in [0.29, 0.717) is 24.5 Å². The zero-order chi connectivity index (χ0) is 28.2. The van der Waals surface area contributed by atoms with Crippen LogP contribution in [0.15, 0.2) is 59.7 Å². The molecule has 1 aliphatic rings. The van der Waals surface area contributed by atoms with E-state index in [4.69, 9.17) is 5.73 Å². The minimum Gasteiger partial charge on any atom is -0.398 e. The van der Waals surface area contributed by atoms with Crippen LogP contribution >= 0.6 is 0 Å². The number of amides is 3. The summed E-state index contributed by atoms with van der Waals surface area (Å²) in [6.45, 7) is 1.08. The first kappa shape index (κ1) is 27.2. The van der Waals surface area contributed by atoms with Gasteiger partial charge in [0.05, 0.1) is 35.2 Å². The van der Waals surface area contributed by atoms with Crippen LogP contribution in [0.1, 0.15) is 27.3 Å². The Labute approximate surface area is 220 Å². The maximum absolute atomic E-state index is 14.9. The largest absolute Gasteiger partial charge is 0.417 e. The molecule has 3 amide bonds. The van der Waals surface area contributed by atoms with E-state index in [0.717, 1.165) is 12.1 Å². The van der Waals surface area contributed by atoms with Crippen LogP contribution in [0.2, 0.25) is 0 Å². The van der Waals surface area contributed by atoms with Gasteiger partial charge in [0.1, 0.15) is 11.6 Å². The van der Waals surface area contributed by atoms with Crippen molar-refractivity contribution < 1.29 is 27.2 Å². The van der Waals surface area contributed by atoms with E-state index < -0.39 is 34.6 Å². The fourth-order valence-corrected chi connectivity index (χ4v) is 3.89. The predicted octanol–water partition coefficient (Wildman–Crippen LogP) is 4.08. The molecule has 0 saturated carbocycles. The van der Waals surface area contributed by atoms with Gasteiger partial charge in [-0.3, -0.25) is 9.79 Å². The minimum atomic E-state index is -4.93. The van der Waals surface area contributed by atoms with E-state index in [1.165, 1.54) is 24.4 Å². The van der Waals surface area contributed by atoms with Gasteiger partial charge in [0.15, 0.2) is 0 Å². The third kappa shape index (κ3) is 6.20. The molecule has 2 heterocycles. The summed E-state index contributed by atoms with van der Waals surface area (Å²) in [6, 6.07) is 9.42. The number of benzene rings is 2. The molecule has 1 fully saturated rings. The van der Waals surface area contributed by atoms with E-state index in [2.05, 4.69) is 25.6 Å². The van der Waals surface area contributed by atoms with Crippen molar-refractivity contribution in [2.45, 2.75) is 12.7 Å². The average Bonchev–Trinajstić information content (AvgIpc) is 3.31. The predicted molar refractivity (Wildman–Crippen MR) is 137 cm³/mol. The molecule has 202 valence electrons. The molecule has 0 spiro atoms. The van der Waals surface area contributed by atoms with Crippen molar-refractivity contribution in [1.82, 2.24) is 20.2 Å². The lowest BCUT2D eigenvalue weighted by Gasteiger charge is -2.17. The molecule has 0 unspecified atom stereocenters. The van der Waals surface area contributed by atoms with Crippen LogP contribution in [0.25, 0.3) is 17.0 Å². The van der Waals surface area contributed by atoms with Crippen LogP contribution in [0.3, 0.4) is 0 Å². The number of carbonyl (C=O) groups excluding carboxylic acids is 2. The van der Waals surface area contributed by atoms with Gasteiger partial charge in [-0.15, -0.1) is 0 Å². The highest BCUT2D eigenvalue weighted by Gasteiger charge is 2.36. The van der Waals surface area contributed by atoms with Crippen LogP contribution in [0.4, 0.5) is 28.0 Å². The topological polar surface area (TPSA) is 126 Å². The van der Waals surface area contributed by atoms with E-state index >= 15 is 0 Å². The third-order valence-corrected chi connectivity index (χ3v) is 5.78. The molecule has 4 rings (SSSR count). The fourth-order valence-electron chi connectivity index (χ4n) is 3.89. The number of halogens is 4. The van der Waals surface area contributed by atoms with Gasteiger partial charge in [0.2, 0.25) is 0 Å². The van der Waals surface area contributed by atoms with Gasteiger partial charge in [0.25, 0.3) is 5.91 Å². The van der Waals surface area contributed by atoms with E-state index in [9.17, 15) is 27.2 Å². The van der Waals surface area contributed by atoms with Gasteiger partial charge in [-0.1, -0.05) is 30.3 Å². The lowest BCUT2D eigenvalue weighted by molar-refractivity contribution is -0.138. The summed E-state index contributed by atoms with van der Waals surface area (Å²) in [5, 5.41) is 5.18. The normalized spacial score (nSPS) is 14.1. The number of nitrogens with two attached hydrogens (primary N) is 1. The smallest absolute Gasteiger partial charge is 0.398 e. The van der Waals surface area contributed by atoms with Crippen LogP contribution < -0.4 is 16.4 Å². The third-order valence-electron chi connectivity index (χ3n) is 5.78. The number of hydrogen-bond acceptors (Lipinski definition) is 6. The Balaban J connectivity index is 1.72. The van der Waals surface area contributed by atoms with Gasteiger partial charge < -0.3 is 21.3 Å². The van der Waals surface area contributed by atoms with Gasteiger partial charge in [0, 0.05) is 43.2 Å². The summed E-state index contributed by atoms with van der Waals surface area (Å²) < 4.78 is 55.7. The Morgan fingerprint density at radius 1 is 1.23 bits per heavy atom. The average molecular weight is 542 g/mol. The second kappa shape index (κ2) is 11.3. The van der Waals surface area contributed by atoms with E-state index in [1.807, 2.05) is 0 Å². The Kier molecular flexibility index (Phi) is 7.88. The molecule has 1 aliphatic heterocycles. The molecule has 3 aromatic rings. The van der Waals surface area contributed by atoms with Crippen molar-refractivity contribution in [3.63, 3.8) is 0 Å². The minimum absolute atomic E-state index is 0.0864. The SMILES string of the molecule is CN=CC=C(N)c1cc(C(=O)Nc2cnc(CN3CCNC3=O)nc2-c2ccccc2)c(F)cc1C(F)(F)F. The monoisotopic (exact) mass is 541 g/mol. The Morgan fingerprint density at radius 3 is 2.62 bits per heavy atom. The van der Waals surface area contributed by atoms with Crippen molar-refractivity contribution in [1.29, 1.82) is 0 Å². The standard InChI is InChI=1S/C26H23F4N7O2/c1-32-8-7-20(31)16-11-17(19(27)12-18(16)26(28,29)30)24(38)35-21-13-34-22(14-37-10-9-33-25(37)39)36-23(21)15-5-3-2-4-6-15/h2-8,11-13H,9-10,14,31H2,1H3,(H,33,39)(H,35,38). The van der Waals surface area contributed by atoms with Crippen LogP contribution in [-0.2, 0) is 12.7 Å². The number of rotatable bonds is 7. The molecule has 4 N–H and O–H groups in total. The summed E-state index contributed by atoms with van der Waals surface area (Å²) in [5.41, 5.74) is 3.82. The number of carbonyl (C=O) groups is 2.